The number of benzene rings is 1. The second-order valence-electron chi connectivity index (χ2n) is 10.4. The molecule has 1 aromatic carbocycles. The van der Waals surface area contributed by atoms with E-state index in [9.17, 15) is 5.11 Å². The Morgan fingerprint density at radius 3 is 1.73 bits per heavy atom. The molecule has 1 nitrogen and oxygen atoms in total. The zero-order chi connectivity index (χ0) is 22.3. The molecule has 1 aliphatic rings. The number of rotatable bonds is 2. The second-order valence-corrected chi connectivity index (χ2v) is 22.3. The van der Waals surface area contributed by atoms with E-state index in [1.807, 2.05) is 19.1 Å². The van der Waals surface area contributed by atoms with Crippen LogP contribution < -0.4 is 5.19 Å². The largest absolute Gasteiger partial charge is 0.508 e. The van der Waals surface area contributed by atoms with Crippen molar-refractivity contribution in [2.45, 2.75) is 85.7 Å². The van der Waals surface area contributed by atoms with Gasteiger partial charge in [-0.1, -0.05) is 64.8 Å². The van der Waals surface area contributed by atoms with Crippen LogP contribution in [0.5, 0.6) is 5.75 Å². The average Bonchev–Trinajstić information content (AvgIpc) is 2.99. The molecule has 0 atom stereocenters. The summed E-state index contributed by atoms with van der Waals surface area (Å²) in [5.74, 6) is 0.398. The molecular formula is C24H43Cl2OSi2Ti. The zero-order valence-corrected chi connectivity index (χ0v) is 26.1. The van der Waals surface area contributed by atoms with Crippen LogP contribution in [0, 0.1) is 13.0 Å². The van der Waals surface area contributed by atoms with Crippen molar-refractivity contribution in [1.82, 2.24) is 0 Å². The maximum atomic E-state index is 9.65. The molecule has 0 saturated carbocycles. The summed E-state index contributed by atoms with van der Waals surface area (Å²) >= 11 is 2.08. The summed E-state index contributed by atoms with van der Waals surface area (Å²) in [7, 11) is -2.51. The molecule has 0 radical (unpaired) electrons. The number of phenolic OH excluding ortho intramolecular Hbond substituents is 1. The van der Waals surface area contributed by atoms with Crippen molar-refractivity contribution in [3.8, 4) is 5.75 Å². The predicted molar refractivity (Wildman–Crippen MR) is 144 cm³/mol. The molecule has 0 heterocycles. The summed E-state index contributed by atoms with van der Waals surface area (Å²) in [5, 5.41) is 12.8. The minimum atomic E-state index is -1.50. The van der Waals surface area contributed by atoms with Crippen molar-refractivity contribution in [3.63, 3.8) is 0 Å². The minimum Gasteiger partial charge on any atom is -0.508 e. The molecule has 0 saturated heterocycles. The van der Waals surface area contributed by atoms with E-state index in [-0.39, 0.29) is 24.8 Å². The van der Waals surface area contributed by atoms with Crippen molar-refractivity contribution >= 4 is 50.0 Å². The Bertz CT molecular complexity index is 703. The molecule has 6 heteroatoms. The van der Waals surface area contributed by atoms with Gasteiger partial charge in [-0.05, 0) is 29.7 Å². The van der Waals surface area contributed by atoms with Crippen LogP contribution in [0.4, 0.5) is 0 Å². The van der Waals surface area contributed by atoms with Crippen LogP contribution in [0.2, 0.25) is 37.8 Å². The van der Waals surface area contributed by atoms with Crippen LogP contribution in [-0.4, -0.2) is 25.1 Å². The van der Waals surface area contributed by atoms with E-state index in [4.69, 9.17) is 0 Å². The van der Waals surface area contributed by atoms with Gasteiger partial charge in [-0.3, -0.25) is 6.08 Å². The zero-order valence-electron chi connectivity index (χ0n) is 20.9. The van der Waals surface area contributed by atoms with E-state index in [1.165, 1.54) is 14.2 Å². The van der Waals surface area contributed by atoms with Crippen LogP contribution in [0.15, 0.2) is 35.5 Å². The quantitative estimate of drug-likeness (QED) is 0.314. The molecular weight excluding hydrogens is 479 g/mol. The first-order valence-electron chi connectivity index (χ1n) is 10.1. The summed E-state index contributed by atoms with van der Waals surface area (Å²) in [4.78, 5) is 0. The van der Waals surface area contributed by atoms with Crippen molar-refractivity contribution < 1.29 is 25.1 Å². The molecule has 171 valence electrons. The van der Waals surface area contributed by atoms with Crippen molar-refractivity contribution in [2.24, 2.45) is 0 Å². The Morgan fingerprint density at radius 2 is 1.47 bits per heavy atom. The average molecular weight is 523 g/mol. The number of aromatic hydroxyl groups is 1. The summed E-state index contributed by atoms with van der Waals surface area (Å²) in [6, 6.07) is 5.97. The maximum Gasteiger partial charge on any atom is 0.115 e. The van der Waals surface area contributed by atoms with Gasteiger partial charge in [0.2, 0.25) is 0 Å². The number of halogens is 2. The van der Waals surface area contributed by atoms with Gasteiger partial charge in [0.05, 0.1) is 8.07 Å². The van der Waals surface area contributed by atoms with Gasteiger partial charge in [0.25, 0.3) is 0 Å². The Hall–Kier alpha value is 0.0981. The monoisotopic (exact) mass is 521 g/mol. The maximum absolute atomic E-state index is 9.65. The van der Waals surface area contributed by atoms with E-state index in [0.717, 1.165) is 12.0 Å². The molecule has 1 aliphatic carbocycles. The fourth-order valence-electron chi connectivity index (χ4n) is 2.48. The van der Waals surface area contributed by atoms with E-state index in [0.29, 0.717) is 10.8 Å². The van der Waals surface area contributed by atoms with E-state index < -0.39 is 16.1 Å². The van der Waals surface area contributed by atoms with Crippen LogP contribution in [0.25, 0.3) is 0 Å². The SMILES string of the molecule is C[C](C)=[Ti+].C[Si](C)(C)C1=[C-]CC=C1.Cc1cc(O)cc([Si](C)(C)C(C)(C)C)c1.Cl.Cl. The molecule has 0 unspecified atom stereocenters. The molecule has 1 N–H and O–H groups in total. The molecule has 0 fully saturated rings. The molecule has 0 aliphatic heterocycles. The molecule has 0 amide bonds. The van der Waals surface area contributed by atoms with Crippen LogP contribution in [-0.2, 0) is 20.0 Å². The van der Waals surface area contributed by atoms with Crippen molar-refractivity contribution in [1.29, 1.82) is 0 Å². The Labute approximate surface area is 212 Å². The fraction of sp³-hybridized carbons (Fsp3) is 0.542. The van der Waals surface area contributed by atoms with E-state index in [2.05, 4.69) is 112 Å². The molecule has 2 rings (SSSR count). The first-order valence-corrected chi connectivity index (χ1v) is 17.4. The molecule has 1 aromatic rings. The molecule has 0 bridgehead atoms. The van der Waals surface area contributed by atoms with Gasteiger partial charge in [-0.15, -0.1) is 31.2 Å². The summed E-state index contributed by atoms with van der Waals surface area (Å²) in [5.41, 5.74) is 1.15. The number of phenols is 1. The predicted octanol–water partition coefficient (Wildman–Crippen LogP) is 7.56. The van der Waals surface area contributed by atoms with E-state index in [1.54, 1.807) is 0 Å². The topological polar surface area (TPSA) is 20.2 Å². The molecule has 0 spiro atoms. The first kappa shape index (κ1) is 34.7. The van der Waals surface area contributed by atoms with Gasteiger partial charge in [0, 0.05) is 8.07 Å². The number of hydrogen-bond donors (Lipinski definition) is 1. The Morgan fingerprint density at radius 1 is 1.00 bits per heavy atom. The third-order valence-corrected chi connectivity index (χ3v) is 12.6. The van der Waals surface area contributed by atoms with Gasteiger partial charge >= 0.3 is 37.6 Å². The van der Waals surface area contributed by atoms with Crippen molar-refractivity contribution in [3.05, 3.63) is 47.2 Å². The molecule has 30 heavy (non-hydrogen) atoms. The summed E-state index contributed by atoms with van der Waals surface area (Å²) in [6.07, 6.45) is 8.82. The van der Waals surface area contributed by atoms with E-state index >= 15 is 0 Å². The van der Waals surface area contributed by atoms with Gasteiger partial charge < -0.3 is 5.11 Å². The van der Waals surface area contributed by atoms with Gasteiger partial charge in [0.15, 0.2) is 0 Å². The number of allylic oxidation sites excluding steroid dienone is 4. The van der Waals surface area contributed by atoms with Crippen LogP contribution in [0.1, 0.15) is 46.6 Å². The number of hydrogen-bond acceptors (Lipinski definition) is 1. The van der Waals surface area contributed by atoms with Gasteiger partial charge in [-0.2, -0.15) is 6.08 Å². The molecule has 0 aromatic heterocycles. The smallest absolute Gasteiger partial charge is 0.115 e. The van der Waals surface area contributed by atoms with Gasteiger partial charge in [0.1, 0.15) is 5.75 Å². The summed E-state index contributed by atoms with van der Waals surface area (Å²) < 4.78 is 1.42. The fourth-order valence-corrected chi connectivity index (χ4v) is 5.69. The van der Waals surface area contributed by atoms with Gasteiger partial charge in [-0.25, -0.2) is 11.3 Å². The third kappa shape index (κ3) is 12.8. The third-order valence-electron chi connectivity index (χ3n) is 5.16. The summed E-state index contributed by atoms with van der Waals surface area (Å²) in [6.45, 7) is 24.9. The minimum absolute atomic E-state index is 0. The second kappa shape index (κ2) is 14.3. The van der Waals surface area contributed by atoms with Crippen LogP contribution in [0.3, 0.4) is 0 Å². The standard InChI is InChI=1S/C13H22OSi.C8H13Si.C3H6.2ClH.Ti/c1-10-7-11(14)9-12(8-10)15(5,6)13(2,3)4;1-9(2,3)8-6-4-5-7-8;1-3-2;;;/h7-9,14H,1-6H3;4,6H,5H2,1-3H3;1-2H3;2*1H;/q;-1;;;;+1. The van der Waals surface area contributed by atoms with Crippen LogP contribution >= 0.6 is 24.8 Å². The normalized spacial score (nSPS) is 12.9. The first-order chi connectivity index (χ1) is 12.5. The Balaban J connectivity index is -0.000000417. The number of aryl methyl sites for hydroxylation is 1. The van der Waals surface area contributed by atoms with Crippen molar-refractivity contribution in [2.75, 3.05) is 0 Å². The Kier molecular flexibility index (Phi) is 16.5.